The number of nitrogens with zero attached hydrogens (tertiary/aromatic N) is 4. The van der Waals surface area contributed by atoms with Crippen LogP contribution in [0.2, 0.25) is 0 Å². The van der Waals surface area contributed by atoms with E-state index in [1.54, 1.807) is 48.5 Å². The second kappa shape index (κ2) is 59.5. The zero-order valence-electron chi connectivity index (χ0n) is 83.9. The predicted molar refractivity (Wildman–Crippen MR) is 543 cm³/mol. The van der Waals surface area contributed by atoms with Crippen molar-refractivity contribution in [1.29, 1.82) is 0 Å². The Hall–Kier alpha value is -14.7. The first-order valence-electron chi connectivity index (χ1n) is 48.2. The molecule has 15 atom stereocenters. The fourth-order valence-electron chi connectivity index (χ4n) is 16.2. The number of phenolic OH excluding ortho intramolecular Hbond substituents is 1. The summed E-state index contributed by atoms with van der Waals surface area (Å²) in [7, 11) is 1.31. The molecular weight excluding hydrogens is 2020 g/mol. The van der Waals surface area contributed by atoms with Gasteiger partial charge < -0.3 is 126 Å². The van der Waals surface area contributed by atoms with Gasteiger partial charge in [0, 0.05) is 127 Å². The van der Waals surface area contributed by atoms with Crippen molar-refractivity contribution < 1.29 is 145 Å². The third kappa shape index (κ3) is 40.4. The van der Waals surface area contributed by atoms with Crippen molar-refractivity contribution in [3.63, 3.8) is 0 Å². The number of rotatable bonds is 27. The number of primary amides is 2. The summed E-state index contributed by atoms with van der Waals surface area (Å²) in [6, 6.07) is 1.61. The van der Waals surface area contributed by atoms with Gasteiger partial charge >= 0.3 is 23.9 Å². The second-order valence-electron chi connectivity index (χ2n) is 37.7. The zero-order valence-corrected chi connectivity index (χ0v) is 86.3. The quantitative estimate of drug-likeness (QED) is 0.0269. The van der Waals surface area contributed by atoms with Gasteiger partial charge in [-0.3, -0.25) is 120 Å². The molecule has 52 heteroatoms. The maximum atomic E-state index is 15.4. The number of aliphatic carboxylic acids is 4. The predicted octanol–water partition coefficient (Wildman–Crippen LogP) is -4.20. The number of nitrogens with one attached hydrogen (secondary N) is 12. The summed E-state index contributed by atoms with van der Waals surface area (Å²) < 4.78 is 0. The lowest BCUT2D eigenvalue weighted by molar-refractivity contribution is -0.142. The first kappa shape index (κ1) is 122. The number of likely N-dealkylation sites (N-methyl/N-ethyl adjacent to an activating group) is 1. The molecule has 0 aromatic heterocycles. The average molecular weight is 2150 g/mol. The van der Waals surface area contributed by atoms with Crippen molar-refractivity contribution >= 4 is 194 Å². The number of fused-ring (bicyclic) bond motifs is 9. The van der Waals surface area contributed by atoms with Crippen molar-refractivity contribution in [3.05, 3.63) is 114 Å². The summed E-state index contributed by atoms with van der Waals surface area (Å²) in [5, 5.41) is 81.3. The molecule has 23 N–H and O–H groups in total. The van der Waals surface area contributed by atoms with Crippen molar-refractivity contribution in [2.45, 2.75) is 204 Å². The van der Waals surface area contributed by atoms with E-state index in [4.69, 9.17) is 17.2 Å². The number of carboxylic acids is 4. The van der Waals surface area contributed by atoms with E-state index in [2.05, 4.69) is 63.8 Å². The summed E-state index contributed by atoms with van der Waals surface area (Å²) >= 11 is 2.21. The number of aromatic hydroxyl groups is 1. The molecule has 816 valence electrons. The number of carbonyl (C=O) groups is 25. The number of amides is 18. The highest BCUT2D eigenvalue weighted by atomic mass is 32.2. The molecule has 0 aliphatic carbocycles. The number of ketones is 3. The molecule has 0 radical (unpaired) electrons. The Balaban J connectivity index is 1.40. The number of thioether (sulfide) groups is 3. The number of carboxylic acid groups (broad SMARTS) is 4. The third-order valence-corrected chi connectivity index (χ3v) is 27.9. The van der Waals surface area contributed by atoms with Crippen LogP contribution in [-0.2, 0) is 139 Å². The van der Waals surface area contributed by atoms with Crippen LogP contribution in [0.25, 0.3) is 10.8 Å². The van der Waals surface area contributed by atoms with Crippen molar-refractivity contribution in [2.24, 2.45) is 40.4 Å². The molecule has 3 fully saturated rings. The van der Waals surface area contributed by atoms with E-state index < -0.39 is 356 Å². The Morgan fingerprint density at radius 2 is 0.873 bits per heavy atom. The fourth-order valence-corrected chi connectivity index (χ4v) is 19.2. The average Bonchev–Trinajstić information content (AvgIpc) is 0.812. The first-order chi connectivity index (χ1) is 70.8. The van der Waals surface area contributed by atoms with Crippen LogP contribution in [0.1, 0.15) is 129 Å². The number of Topliss-reactive ketones (excluding diaryl/α,β-unsaturated/α-hetero) is 3. The molecule has 4 aromatic carbocycles. The SMILES string of the molecule is C[C@H](NC(=O)CN(C)C(=O)CCN)C(=O)C[C@H]1CSCC(=O)N2CCN3CCN(CC2)C(=O)CSC[C@H](NC(=O)[C@@H](C)NC(=O)[C@H](Cc2cccc4ccccc24)CC(=O)[C@H](CCC(=O)O)NC(=O)[C@H](CC(N)=O)NC(=O)[C@@H](C)NC1=O)C(=O)N[C@@H](CCC(=O)O)C(=O)N[C@@H](CC(=O)O)C(=O)N[C@@H](Cc1ccccc1)C(=O)N[C@@H](Cc1ccc(O)cc1)C(=O)N[C@@H](CC(=O)O)C(=O)N[C@@H](C(C)(C)C)C(=O)C[C@H](C(N)=O)CSCC3=O. The largest absolute Gasteiger partial charge is 0.508 e. The summed E-state index contributed by atoms with van der Waals surface area (Å²) in [6.07, 6.45) is -10.9. The van der Waals surface area contributed by atoms with Gasteiger partial charge in [0.05, 0.1) is 73.0 Å². The van der Waals surface area contributed by atoms with Gasteiger partial charge in [0.25, 0.3) is 0 Å². The molecule has 3 aliphatic heterocycles. The van der Waals surface area contributed by atoms with Crippen molar-refractivity contribution in [2.75, 3.05) is 93.9 Å². The fraction of sp³-hybridized carbons (Fsp3) is 0.520. The van der Waals surface area contributed by atoms with Crippen LogP contribution in [0.4, 0.5) is 0 Å². The molecule has 3 saturated heterocycles. The van der Waals surface area contributed by atoms with Crippen LogP contribution in [0.15, 0.2) is 97.1 Å². The van der Waals surface area contributed by atoms with Gasteiger partial charge in [-0.05, 0) is 85.0 Å². The number of nitrogens with two attached hydrogens (primary N) is 3. The topological polar surface area (TPSA) is 763 Å². The van der Waals surface area contributed by atoms with Gasteiger partial charge in [-0.15, -0.1) is 11.8 Å². The molecule has 4 aromatic rings. The van der Waals surface area contributed by atoms with E-state index in [1.807, 2.05) is 0 Å². The molecule has 3 aliphatic rings. The van der Waals surface area contributed by atoms with Crippen LogP contribution >= 0.6 is 35.3 Å². The van der Waals surface area contributed by atoms with Crippen LogP contribution in [0, 0.1) is 23.2 Å². The minimum absolute atomic E-state index is 0.0505. The monoisotopic (exact) mass is 2150 g/mol. The van der Waals surface area contributed by atoms with Gasteiger partial charge in [-0.2, -0.15) is 23.5 Å². The molecule has 150 heavy (non-hydrogen) atoms. The lowest BCUT2D eigenvalue weighted by atomic mass is 9.81. The molecule has 0 unspecified atom stereocenters. The molecule has 18 amide bonds. The van der Waals surface area contributed by atoms with Gasteiger partial charge in [-0.1, -0.05) is 106 Å². The summed E-state index contributed by atoms with van der Waals surface area (Å²) in [5.74, 6) is -37.3. The van der Waals surface area contributed by atoms with E-state index in [0.29, 0.717) is 28.1 Å². The van der Waals surface area contributed by atoms with E-state index in [-0.39, 0.29) is 81.3 Å². The Morgan fingerprint density at radius 1 is 0.440 bits per heavy atom. The van der Waals surface area contributed by atoms with Gasteiger partial charge in [0.15, 0.2) is 17.3 Å². The van der Waals surface area contributed by atoms with E-state index in [0.717, 1.165) is 42.3 Å². The first-order valence-corrected chi connectivity index (χ1v) is 51.7. The summed E-state index contributed by atoms with van der Waals surface area (Å²) in [5.41, 5.74) is 16.7. The van der Waals surface area contributed by atoms with Crippen LogP contribution in [-0.4, -0.2) is 359 Å². The Morgan fingerprint density at radius 3 is 1.38 bits per heavy atom. The van der Waals surface area contributed by atoms with Crippen LogP contribution in [0.5, 0.6) is 5.75 Å². The Labute approximate surface area is 875 Å². The van der Waals surface area contributed by atoms with Gasteiger partial charge in [0.1, 0.15) is 60.1 Å². The van der Waals surface area contributed by atoms with Gasteiger partial charge in [-0.25, -0.2) is 0 Å². The van der Waals surface area contributed by atoms with E-state index in [9.17, 15) is 112 Å². The maximum Gasteiger partial charge on any atom is 0.305 e. The molecule has 49 nitrogen and oxygen atoms in total. The molecule has 4 bridgehead atoms. The standard InChI is InChI=1S/C98H131N19O30S3/c1-52(102-76(123)45-114(7)77(124)28-29-99)72(119)41-61-47-149-50-79(126)116-31-30-115-32-34-117(35-33-116)80(127)51-150-48-71(112-88(138)54(3)103-89(139)59(38-58-18-13-17-57-16-11-12-19-63(57)58)39-73(120)64(24-26-81(128)129)105-94(144)68(42-75(100)122)107-87(137)53(2)104-90(61)140)97(147)106-65(25-27-82(130)131)91(141)110-69(43-83(132)133)95(145)109-66(36-55-14-9-8-10-15-55)92(142)108-67(37-56-20-22-62(118)23-21-56)93(143)111-70(44-84(134)135)96(146)113-85(98(4,5)6)74(121)40-60(86(101)136)46-148-49-78(115)125/h8-23,52-54,59-61,64-71,85,118H,24-51,99H2,1-7H3,(H2,100,122)(H2,101,136)(H,102,123)(H,103,139)(H,104,140)(H,105,144)(H,106,147)(H,107,137)(H,108,142)(H,109,145)(H,110,141)(H,111,143)(H,112,138)(H,113,146)(H,128,129)(H,130,131)(H,132,133)(H,134,135)/t52-,53+,54+,59+,60-,61-,64-,65-,66-,67-,68-,69-,70-,71-,85+/m0/s1. The molecule has 7 rings (SSSR count). The van der Waals surface area contributed by atoms with E-state index in [1.165, 1.54) is 98.0 Å². The number of phenols is 1. The van der Waals surface area contributed by atoms with Crippen LogP contribution in [0.3, 0.4) is 0 Å². The third-order valence-electron chi connectivity index (χ3n) is 24.7. The number of hydrogen-bond donors (Lipinski definition) is 20. The highest BCUT2D eigenvalue weighted by Crippen LogP contribution is 2.29. The van der Waals surface area contributed by atoms with Crippen molar-refractivity contribution in [3.8, 4) is 5.75 Å². The highest BCUT2D eigenvalue weighted by Gasteiger charge is 2.43. The minimum atomic E-state index is -2.30. The number of benzene rings is 4. The second-order valence-corrected chi connectivity index (χ2v) is 40.8. The lowest BCUT2D eigenvalue weighted by Crippen LogP contribution is -2.61. The molecule has 0 saturated carbocycles. The van der Waals surface area contributed by atoms with Gasteiger partial charge in [0.2, 0.25) is 106 Å². The zero-order chi connectivity index (χ0) is 111. The highest BCUT2D eigenvalue weighted by molar-refractivity contribution is 8.00. The summed E-state index contributed by atoms with van der Waals surface area (Å²) in [4.78, 5) is 361. The van der Waals surface area contributed by atoms with E-state index >= 15 is 33.6 Å². The Kier molecular flexibility index (Phi) is 48.5. The van der Waals surface area contributed by atoms with Crippen LogP contribution < -0.4 is 81.0 Å². The normalized spacial score (nSPS) is 23.7. The minimum Gasteiger partial charge on any atom is -0.508 e. The molecule has 3 heterocycles. The Bertz CT molecular complexity index is 5620. The van der Waals surface area contributed by atoms with Crippen molar-refractivity contribution in [1.82, 2.24) is 83.4 Å². The number of hydrogen-bond acceptors (Lipinski definition) is 30. The number of carbonyl (C=O) groups excluding carboxylic acids is 21. The smallest absolute Gasteiger partial charge is 0.305 e. The maximum absolute atomic E-state index is 15.4. The molecule has 0 spiro atoms. The lowest BCUT2D eigenvalue weighted by Gasteiger charge is -2.33. The molecular formula is C98H131N19O30S3. The summed E-state index contributed by atoms with van der Waals surface area (Å²) in [6.45, 7) is 5.50.